The Hall–Kier alpha value is -0.0800. The van der Waals surface area contributed by atoms with E-state index in [2.05, 4.69) is 19.2 Å². The van der Waals surface area contributed by atoms with Gasteiger partial charge in [0.05, 0.1) is 0 Å². The summed E-state index contributed by atoms with van der Waals surface area (Å²) < 4.78 is 0. The van der Waals surface area contributed by atoms with E-state index in [0.717, 1.165) is 13.1 Å². The second-order valence-corrected chi connectivity index (χ2v) is 3.69. The van der Waals surface area contributed by atoms with Crippen LogP contribution in [0.5, 0.6) is 0 Å². The summed E-state index contributed by atoms with van der Waals surface area (Å²) in [4.78, 5) is 0. The Morgan fingerprint density at radius 1 is 1.40 bits per heavy atom. The van der Waals surface area contributed by atoms with Gasteiger partial charge in [0.15, 0.2) is 0 Å². The van der Waals surface area contributed by atoms with Crippen LogP contribution >= 0.6 is 0 Å². The van der Waals surface area contributed by atoms with Crippen molar-refractivity contribution in [3.63, 3.8) is 0 Å². The van der Waals surface area contributed by atoms with Gasteiger partial charge in [0.25, 0.3) is 0 Å². The molecule has 1 unspecified atom stereocenters. The minimum absolute atomic E-state index is 0.342. The van der Waals surface area contributed by atoms with E-state index in [-0.39, 0.29) is 0 Å². The van der Waals surface area contributed by atoms with Crippen molar-refractivity contribution < 1.29 is 0 Å². The van der Waals surface area contributed by atoms with E-state index in [1.165, 1.54) is 12.8 Å². The fraction of sp³-hybridized carbons (Fsp3) is 1.00. The van der Waals surface area contributed by atoms with E-state index in [0.29, 0.717) is 11.5 Å². The fourth-order valence-electron chi connectivity index (χ4n) is 1.45. The largest absolute Gasteiger partial charge is 0.327 e. The Morgan fingerprint density at radius 3 is 2.20 bits per heavy atom. The van der Waals surface area contributed by atoms with Crippen LogP contribution in [-0.2, 0) is 0 Å². The molecular formula is C8H18N2. The topological polar surface area (TPSA) is 38.0 Å². The molecule has 0 aromatic carbocycles. The normalized spacial score (nSPS) is 27.9. The van der Waals surface area contributed by atoms with Gasteiger partial charge >= 0.3 is 0 Å². The number of hydrogen-bond donors (Lipinski definition) is 2. The highest BCUT2D eigenvalue weighted by Crippen LogP contribution is 2.30. The SMILES string of the molecule is CC(N)C1(C)CCNCC1. The summed E-state index contributed by atoms with van der Waals surface area (Å²) in [5.74, 6) is 0. The van der Waals surface area contributed by atoms with Crippen LogP contribution in [0.25, 0.3) is 0 Å². The summed E-state index contributed by atoms with van der Waals surface area (Å²) in [7, 11) is 0. The van der Waals surface area contributed by atoms with Gasteiger partial charge in [-0.25, -0.2) is 0 Å². The van der Waals surface area contributed by atoms with Crippen molar-refractivity contribution in [1.29, 1.82) is 0 Å². The minimum atomic E-state index is 0.342. The third-order valence-electron chi connectivity index (χ3n) is 2.85. The molecule has 1 atom stereocenters. The van der Waals surface area contributed by atoms with Crippen LogP contribution in [-0.4, -0.2) is 19.1 Å². The third kappa shape index (κ3) is 1.50. The smallest absolute Gasteiger partial charge is 0.00653 e. The standard InChI is InChI=1S/C8H18N2/c1-7(9)8(2)3-5-10-6-4-8/h7,10H,3-6,9H2,1-2H3. The van der Waals surface area contributed by atoms with Crippen molar-refractivity contribution in [2.24, 2.45) is 11.1 Å². The fourth-order valence-corrected chi connectivity index (χ4v) is 1.45. The van der Waals surface area contributed by atoms with Crippen molar-refractivity contribution in [3.8, 4) is 0 Å². The van der Waals surface area contributed by atoms with Gasteiger partial charge in [0, 0.05) is 6.04 Å². The van der Waals surface area contributed by atoms with Crippen molar-refractivity contribution in [2.75, 3.05) is 13.1 Å². The number of rotatable bonds is 1. The molecule has 1 aliphatic heterocycles. The molecule has 0 aromatic rings. The highest BCUT2D eigenvalue weighted by molar-refractivity contribution is 4.86. The van der Waals surface area contributed by atoms with Crippen molar-refractivity contribution in [1.82, 2.24) is 5.32 Å². The molecule has 1 fully saturated rings. The van der Waals surface area contributed by atoms with E-state index in [9.17, 15) is 0 Å². The lowest BCUT2D eigenvalue weighted by atomic mass is 9.76. The van der Waals surface area contributed by atoms with Crippen LogP contribution in [0.15, 0.2) is 0 Å². The molecule has 0 bridgehead atoms. The molecule has 3 N–H and O–H groups in total. The number of piperidine rings is 1. The maximum atomic E-state index is 5.87. The van der Waals surface area contributed by atoms with Gasteiger partial charge in [0.1, 0.15) is 0 Å². The minimum Gasteiger partial charge on any atom is -0.327 e. The summed E-state index contributed by atoms with van der Waals surface area (Å²) in [5, 5.41) is 3.34. The Kier molecular flexibility index (Phi) is 2.32. The van der Waals surface area contributed by atoms with Gasteiger partial charge in [-0.05, 0) is 38.3 Å². The van der Waals surface area contributed by atoms with Crippen LogP contribution in [0, 0.1) is 5.41 Å². The first kappa shape index (κ1) is 8.02. The molecule has 2 nitrogen and oxygen atoms in total. The van der Waals surface area contributed by atoms with Crippen LogP contribution in [0.3, 0.4) is 0 Å². The van der Waals surface area contributed by atoms with Crippen LogP contribution in [0.1, 0.15) is 26.7 Å². The molecule has 1 aliphatic rings. The lowest BCUT2D eigenvalue weighted by Gasteiger charge is -2.37. The first-order chi connectivity index (χ1) is 4.65. The van der Waals surface area contributed by atoms with Crippen LogP contribution in [0.2, 0.25) is 0 Å². The lowest BCUT2D eigenvalue weighted by molar-refractivity contribution is 0.191. The van der Waals surface area contributed by atoms with Gasteiger partial charge in [-0.1, -0.05) is 6.92 Å². The van der Waals surface area contributed by atoms with Crippen molar-refractivity contribution in [2.45, 2.75) is 32.7 Å². The monoisotopic (exact) mass is 142 g/mol. The predicted octanol–water partition coefficient (Wildman–Crippen LogP) is 0.723. The van der Waals surface area contributed by atoms with Crippen LogP contribution < -0.4 is 11.1 Å². The molecule has 0 aliphatic carbocycles. The predicted molar refractivity (Wildman–Crippen MR) is 43.9 cm³/mol. The van der Waals surface area contributed by atoms with E-state index in [4.69, 9.17) is 5.73 Å². The average molecular weight is 142 g/mol. The third-order valence-corrected chi connectivity index (χ3v) is 2.85. The summed E-state index contributed by atoms with van der Waals surface area (Å²) in [6, 6.07) is 0.342. The first-order valence-electron chi connectivity index (χ1n) is 4.11. The van der Waals surface area contributed by atoms with Gasteiger partial charge in [0.2, 0.25) is 0 Å². The molecule has 60 valence electrons. The molecule has 1 rings (SSSR count). The highest BCUT2D eigenvalue weighted by Gasteiger charge is 2.29. The zero-order valence-electron chi connectivity index (χ0n) is 6.98. The van der Waals surface area contributed by atoms with Gasteiger partial charge in [-0.15, -0.1) is 0 Å². The molecule has 0 saturated carbocycles. The lowest BCUT2D eigenvalue weighted by Crippen LogP contribution is -2.45. The zero-order chi connectivity index (χ0) is 7.61. The molecule has 1 saturated heterocycles. The van der Waals surface area contributed by atoms with Gasteiger partial charge < -0.3 is 11.1 Å². The molecular weight excluding hydrogens is 124 g/mol. The van der Waals surface area contributed by atoms with Crippen molar-refractivity contribution in [3.05, 3.63) is 0 Å². The summed E-state index contributed by atoms with van der Waals surface area (Å²) >= 11 is 0. The molecule has 0 radical (unpaired) electrons. The number of nitrogens with two attached hydrogens (primary N) is 1. The molecule has 0 spiro atoms. The summed E-state index contributed by atoms with van der Waals surface area (Å²) in [6.45, 7) is 6.68. The highest BCUT2D eigenvalue weighted by atomic mass is 14.9. The zero-order valence-corrected chi connectivity index (χ0v) is 6.98. The van der Waals surface area contributed by atoms with E-state index >= 15 is 0 Å². The van der Waals surface area contributed by atoms with E-state index in [1.807, 2.05) is 0 Å². The molecule has 0 amide bonds. The molecule has 0 aromatic heterocycles. The van der Waals surface area contributed by atoms with E-state index in [1.54, 1.807) is 0 Å². The summed E-state index contributed by atoms with van der Waals surface area (Å²) in [6.07, 6.45) is 2.45. The quantitative estimate of drug-likeness (QED) is 0.566. The van der Waals surface area contributed by atoms with Crippen LogP contribution in [0.4, 0.5) is 0 Å². The second-order valence-electron chi connectivity index (χ2n) is 3.69. The number of hydrogen-bond acceptors (Lipinski definition) is 2. The molecule has 2 heteroatoms. The molecule has 1 heterocycles. The Morgan fingerprint density at radius 2 is 1.90 bits per heavy atom. The Labute approximate surface area is 63.2 Å². The average Bonchev–Trinajstić information content (AvgIpc) is 1.89. The number of nitrogens with one attached hydrogen (secondary N) is 1. The maximum Gasteiger partial charge on any atom is 0.00653 e. The maximum absolute atomic E-state index is 5.87. The van der Waals surface area contributed by atoms with Crippen molar-refractivity contribution >= 4 is 0 Å². The second kappa shape index (κ2) is 2.89. The van der Waals surface area contributed by atoms with E-state index < -0.39 is 0 Å². The molecule has 10 heavy (non-hydrogen) atoms. The Balaban J connectivity index is 2.48. The first-order valence-corrected chi connectivity index (χ1v) is 4.11. The summed E-state index contributed by atoms with van der Waals surface area (Å²) in [5.41, 5.74) is 6.27. The Bertz CT molecular complexity index is 104. The van der Waals surface area contributed by atoms with Gasteiger partial charge in [-0.2, -0.15) is 0 Å². The van der Waals surface area contributed by atoms with Gasteiger partial charge in [-0.3, -0.25) is 0 Å².